The Morgan fingerprint density at radius 3 is 2.80 bits per heavy atom. The molecule has 2 heterocycles. The second-order valence-electron chi connectivity index (χ2n) is 4.75. The van der Waals surface area contributed by atoms with E-state index in [4.69, 9.17) is 4.74 Å². The molecule has 0 amide bonds. The third kappa shape index (κ3) is 2.41. The maximum absolute atomic E-state index is 5.82. The van der Waals surface area contributed by atoms with Crippen LogP contribution in [0.25, 0.3) is 16.4 Å². The summed E-state index contributed by atoms with van der Waals surface area (Å²) >= 11 is 0. The second kappa shape index (κ2) is 5.81. The average Bonchev–Trinajstić information content (AvgIpc) is 2.95. The fraction of sp³-hybridized carbons (Fsp3) is 0.429. The zero-order chi connectivity index (χ0) is 13.8. The van der Waals surface area contributed by atoms with E-state index in [1.54, 1.807) is 0 Å². The Morgan fingerprint density at radius 2 is 1.95 bits per heavy atom. The van der Waals surface area contributed by atoms with Gasteiger partial charge in [0.1, 0.15) is 0 Å². The van der Waals surface area contributed by atoms with Crippen molar-refractivity contribution < 1.29 is 4.74 Å². The van der Waals surface area contributed by atoms with Crippen molar-refractivity contribution >= 4 is 16.4 Å². The second-order valence-corrected chi connectivity index (χ2v) is 4.75. The Kier molecular flexibility index (Phi) is 3.71. The first-order chi connectivity index (χ1) is 9.90. The average molecular weight is 271 g/mol. The zero-order valence-corrected chi connectivity index (χ0v) is 11.5. The summed E-state index contributed by atoms with van der Waals surface area (Å²) < 4.78 is 7.24. The first-order valence-corrected chi connectivity index (χ1v) is 7.00. The van der Waals surface area contributed by atoms with Crippen molar-refractivity contribution in [3.05, 3.63) is 24.3 Å². The molecule has 3 rings (SSSR count). The number of aromatic nitrogens is 5. The van der Waals surface area contributed by atoms with Gasteiger partial charge < -0.3 is 4.74 Å². The van der Waals surface area contributed by atoms with E-state index < -0.39 is 0 Å². The normalized spacial score (nSPS) is 11.2. The predicted octanol–water partition coefficient (Wildman–Crippen LogP) is 2.63. The quantitative estimate of drug-likeness (QED) is 0.645. The Hall–Kier alpha value is -2.24. The first kappa shape index (κ1) is 12.8. The summed E-state index contributed by atoms with van der Waals surface area (Å²) in [6, 6.07) is 7.89. The summed E-state index contributed by atoms with van der Waals surface area (Å²) in [6.07, 6.45) is 4.68. The highest BCUT2D eigenvalue weighted by Gasteiger charge is 2.11. The van der Waals surface area contributed by atoms with Crippen molar-refractivity contribution in [1.29, 1.82) is 0 Å². The maximum Gasteiger partial charge on any atom is 0.241 e. The number of benzene rings is 1. The van der Waals surface area contributed by atoms with Crippen LogP contribution >= 0.6 is 0 Å². The highest BCUT2D eigenvalue weighted by molar-refractivity contribution is 5.96. The summed E-state index contributed by atoms with van der Waals surface area (Å²) in [5, 5.41) is 17.7. The molecule has 0 aliphatic heterocycles. The maximum atomic E-state index is 5.82. The Morgan fingerprint density at radius 1 is 1.10 bits per heavy atom. The topological polar surface area (TPSA) is 65.2 Å². The molecule has 0 saturated heterocycles. The fourth-order valence-electron chi connectivity index (χ4n) is 2.22. The van der Waals surface area contributed by atoms with Crippen molar-refractivity contribution in [3.8, 4) is 5.88 Å². The summed E-state index contributed by atoms with van der Waals surface area (Å²) in [5.41, 5.74) is 0.652. The Bertz CT molecular complexity index is 709. The van der Waals surface area contributed by atoms with Gasteiger partial charge in [-0.2, -0.15) is 0 Å². The van der Waals surface area contributed by atoms with E-state index >= 15 is 0 Å². The lowest BCUT2D eigenvalue weighted by atomic mass is 10.2. The summed E-state index contributed by atoms with van der Waals surface area (Å²) in [6.45, 7) is 2.87. The summed E-state index contributed by atoms with van der Waals surface area (Å²) in [7, 11) is 0. The SMILES string of the molecule is CCCCCCOc1nn2nnnc2c2ccccc12. The minimum absolute atomic E-state index is 0.594. The number of hydrogen-bond donors (Lipinski definition) is 0. The van der Waals surface area contributed by atoms with Gasteiger partial charge in [-0.15, -0.1) is 14.8 Å². The van der Waals surface area contributed by atoms with Gasteiger partial charge in [0.05, 0.1) is 6.61 Å². The number of ether oxygens (including phenoxy) is 1. The summed E-state index contributed by atoms with van der Waals surface area (Å²) in [5.74, 6) is 0.594. The van der Waals surface area contributed by atoms with Gasteiger partial charge in [-0.05, 0) is 22.9 Å². The van der Waals surface area contributed by atoms with Crippen LogP contribution in [0.5, 0.6) is 5.88 Å². The molecular formula is C14H17N5O. The van der Waals surface area contributed by atoms with Crippen molar-refractivity contribution in [2.45, 2.75) is 32.6 Å². The van der Waals surface area contributed by atoms with Crippen LogP contribution in [0.15, 0.2) is 24.3 Å². The molecule has 0 atom stereocenters. The smallest absolute Gasteiger partial charge is 0.241 e. The molecule has 1 aromatic carbocycles. The molecular weight excluding hydrogens is 254 g/mol. The van der Waals surface area contributed by atoms with Gasteiger partial charge in [-0.1, -0.05) is 44.4 Å². The van der Waals surface area contributed by atoms with Crippen molar-refractivity contribution in [1.82, 2.24) is 25.3 Å². The molecule has 6 nitrogen and oxygen atoms in total. The van der Waals surface area contributed by atoms with Crippen molar-refractivity contribution in [2.75, 3.05) is 6.61 Å². The van der Waals surface area contributed by atoms with Crippen LogP contribution in [0.2, 0.25) is 0 Å². The predicted molar refractivity (Wildman–Crippen MR) is 75.7 cm³/mol. The van der Waals surface area contributed by atoms with E-state index in [2.05, 4.69) is 27.5 Å². The van der Waals surface area contributed by atoms with Gasteiger partial charge >= 0.3 is 0 Å². The molecule has 0 N–H and O–H groups in total. The molecule has 0 aliphatic carbocycles. The third-order valence-electron chi connectivity index (χ3n) is 3.27. The highest BCUT2D eigenvalue weighted by atomic mass is 16.5. The summed E-state index contributed by atoms with van der Waals surface area (Å²) in [4.78, 5) is 0. The van der Waals surface area contributed by atoms with Crippen LogP contribution in [-0.2, 0) is 0 Å². The molecule has 3 aromatic rings. The first-order valence-electron chi connectivity index (χ1n) is 7.00. The van der Waals surface area contributed by atoms with E-state index in [0.717, 1.165) is 17.2 Å². The van der Waals surface area contributed by atoms with Crippen LogP contribution in [0.3, 0.4) is 0 Å². The largest absolute Gasteiger partial charge is 0.476 e. The number of tetrazole rings is 1. The van der Waals surface area contributed by atoms with E-state index in [1.165, 1.54) is 23.9 Å². The van der Waals surface area contributed by atoms with Crippen molar-refractivity contribution in [2.24, 2.45) is 0 Å². The van der Waals surface area contributed by atoms with E-state index in [9.17, 15) is 0 Å². The molecule has 0 aliphatic rings. The highest BCUT2D eigenvalue weighted by Crippen LogP contribution is 2.25. The minimum Gasteiger partial charge on any atom is -0.476 e. The monoisotopic (exact) mass is 271 g/mol. The lowest BCUT2D eigenvalue weighted by molar-refractivity contribution is 0.292. The van der Waals surface area contributed by atoms with Gasteiger partial charge in [0.15, 0.2) is 0 Å². The van der Waals surface area contributed by atoms with Crippen molar-refractivity contribution in [3.63, 3.8) is 0 Å². The van der Waals surface area contributed by atoms with Crippen LogP contribution in [0, 0.1) is 0 Å². The molecule has 104 valence electrons. The van der Waals surface area contributed by atoms with Gasteiger partial charge in [-0.3, -0.25) is 0 Å². The molecule has 0 spiro atoms. The fourth-order valence-corrected chi connectivity index (χ4v) is 2.22. The third-order valence-corrected chi connectivity index (χ3v) is 3.27. The van der Waals surface area contributed by atoms with Crippen LogP contribution in [0.1, 0.15) is 32.6 Å². The van der Waals surface area contributed by atoms with Gasteiger partial charge in [0.25, 0.3) is 0 Å². The molecule has 0 bridgehead atoms. The molecule has 0 saturated carbocycles. The minimum atomic E-state index is 0.594. The molecule has 0 radical (unpaired) electrons. The van der Waals surface area contributed by atoms with Gasteiger partial charge in [-0.25, -0.2) is 0 Å². The van der Waals surface area contributed by atoms with E-state index in [1.807, 2.05) is 24.3 Å². The number of unbranched alkanes of at least 4 members (excludes halogenated alkanes) is 3. The van der Waals surface area contributed by atoms with E-state index in [-0.39, 0.29) is 0 Å². The van der Waals surface area contributed by atoms with Gasteiger partial charge in [0, 0.05) is 10.8 Å². The van der Waals surface area contributed by atoms with Gasteiger partial charge in [0.2, 0.25) is 11.5 Å². The lowest BCUT2D eigenvalue weighted by Crippen LogP contribution is -2.04. The van der Waals surface area contributed by atoms with Crippen LogP contribution < -0.4 is 4.74 Å². The lowest BCUT2D eigenvalue weighted by Gasteiger charge is -2.08. The Labute approximate surface area is 116 Å². The Balaban J connectivity index is 1.88. The number of hydrogen-bond acceptors (Lipinski definition) is 5. The van der Waals surface area contributed by atoms with Crippen LogP contribution in [0.4, 0.5) is 0 Å². The molecule has 2 aromatic heterocycles. The number of rotatable bonds is 6. The molecule has 20 heavy (non-hydrogen) atoms. The van der Waals surface area contributed by atoms with E-state index in [0.29, 0.717) is 18.1 Å². The molecule has 6 heteroatoms. The molecule has 0 fully saturated rings. The standard InChI is InChI=1S/C14H17N5O/c1-2-3-4-7-10-20-14-12-9-6-5-8-11(12)13-15-17-18-19(13)16-14/h5-6,8-9H,2-4,7,10H2,1H3. The number of nitrogens with zero attached hydrogens (tertiary/aromatic N) is 5. The zero-order valence-electron chi connectivity index (χ0n) is 11.5. The number of fused-ring (bicyclic) bond motifs is 3. The molecule has 0 unspecified atom stereocenters. The van der Waals surface area contributed by atoms with Crippen LogP contribution in [-0.4, -0.2) is 31.9 Å².